The van der Waals surface area contributed by atoms with Crippen LogP contribution in [0.25, 0.3) is 0 Å². The van der Waals surface area contributed by atoms with Gasteiger partial charge in [-0.25, -0.2) is 4.98 Å². The van der Waals surface area contributed by atoms with Crippen molar-refractivity contribution >= 4 is 16.5 Å². The van der Waals surface area contributed by atoms with E-state index in [0.29, 0.717) is 5.92 Å². The minimum absolute atomic E-state index is 0.132. The third kappa shape index (κ3) is 3.19. The van der Waals surface area contributed by atoms with E-state index >= 15 is 0 Å². The first kappa shape index (κ1) is 12.8. The van der Waals surface area contributed by atoms with Crippen molar-refractivity contribution in [3.05, 3.63) is 10.6 Å². The zero-order valence-electron chi connectivity index (χ0n) is 11.2. The summed E-state index contributed by atoms with van der Waals surface area (Å²) in [7, 11) is 2.09. The van der Waals surface area contributed by atoms with Crippen LogP contribution >= 0.6 is 11.3 Å². The third-order valence-corrected chi connectivity index (χ3v) is 4.03. The van der Waals surface area contributed by atoms with Crippen LogP contribution < -0.4 is 4.90 Å². The molecule has 4 heteroatoms. The number of hydrogen-bond donors (Lipinski definition) is 1. The maximum atomic E-state index is 9.37. The van der Waals surface area contributed by atoms with E-state index in [2.05, 4.69) is 32.7 Å². The molecular weight excluding hydrogens is 232 g/mol. The van der Waals surface area contributed by atoms with Crippen LogP contribution in [0.3, 0.4) is 0 Å². The molecule has 0 atom stereocenters. The molecule has 96 valence electrons. The predicted octanol–water partition coefficient (Wildman–Crippen LogP) is 3.00. The maximum absolute atomic E-state index is 9.37. The van der Waals surface area contributed by atoms with Gasteiger partial charge in [0.1, 0.15) is 0 Å². The summed E-state index contributed by atoms with van der Waals surface area (Å²) >= 11 is 1.64. The first-order valence-corrected chi connectivity index (χ1v) is 7.04. The van der Waals surface area contributed by atoms with Crippen LogP contribution in [-0.2, 0) is 6.61 Å². The molecule has 1 aliphatic rings. The van der Waals surface area contributed by atoms with Gasteiger partial charge in [-0.05, 0) is 18.3 Å². The first-order chi connectivity index (χ1) is 7.90. The molecule has 0 bridgehead atoms. The molecule has 17 heavy (non-hydrogen) atoms. The lowest BCUT2D eigenvalue weighted by Gasteiger charge is -2.26. The van der Waals surface area contributed by atoms with Crippen LogP contribution in [-0.4, -0.2) is 23.7 Å². The lowest BCUT2D eigenvalue weighted by atomic mass is 9.96. The van der Waals surface area contributed by atoms with Gasteiger partial charge < -0.3 is 10.0 Å². The Kier molecular flexibility index (Phi) is 3.46. The highest BCUT2D eigenvalue weighted by Crippen LogP contribution is 2.44. The standard InChI is InChI=1S/C13H22N2OS/c1-13(2,3)8-15(4)12-14-11(9-5-6-9)10(7-16)17-12/h9,16H,5-8H2,1-4H3. The Labute approximate surface area is 107 Å². The van der Waals surface area contributed by atoms with Gasteiger partial charge in [0.05, 0.1) is 17.2 Å². The zero-order valence-corrected chi connectivity index (χ0v) is 12.0. The summed E-state index contributed by atoms with van der Waals surface area (Å²) in [4.78, 5) is 7.97. The van der Waals surface area contributed by atoms with Crippen molar-refractivity contribution < 1.29 is 5.11 Å². The van der Waals surface area contributed by atoms with Gasteiger partial charge in [0.2, 0.25) is 0 Å². The van der Waals surface area contributed by atoms with E-state index < -0.39 is 0 Å². The first-order valence-electron chi connectivity index (χ1n) is 6.22. The number of aliphatic hydroxyl groups is 1. The monoisotopic (exact) mass is 254 g/mol. The molecule has 1 N–H and O–H groups in total. The summed E-state index contributed by atoms with van der Waals surface area (Å²) < 4.78 is 0. The maximum Gasteiger partial charge on any atom is 0.185 e. The highest BCUT2D eigenvalue weighted by atomic mass is 32.1. The van der Waals surface area contributed by atoms with Crippen molar-refractivity contribution in [2.24, 2.45) is 5.41 Å². The molecule has 1 saturated carbocycles. The Morgan fingerprint density at radius 3 is 2.53 bits per heavy atom. The average molecular weight is 254 g/mol. The van der Waals surface area contributed by atoms with Crippen molar-refractivity contribution in [3.63, 3.8) is 0 Å². The van der Waals surface area contributed by atoms with Crippen LogP contribution in [0, 0.1) is 5.41 Å². The number of aliphatic hydroxyl groups excluding tert-OH is 1. The lowest BCUT2D eigenvalue weighted by Crippen LogP contribution is -2.28. The van der Waals surface area contributed by atoms with Crippen LogP contribution in [0.4, 0.5) is 5.13 Å². The lowest BCUT2D eigenvalue weighted by molar-refractivity contribution is 0.284. The van der Waals surface area contributed by atoms with Crippen LogP contribution in [0.15, 0.2) is 0 Å². The molecule has 1 aliphatic carbocycles. The van der Waals surface area contributed by atoms with Gasteiger partial charge in [0.15, 0.2) is 5.13 Å². The molecule has 0 amide bonds. The fraction of sp³-hybridized carbons (Fsp3) is 0.769. The van der Waals surface area contributed by atoms with Gasteiger partial charge in [-0.2, -0.15) is 0 Å². The third-order valence-electron chi connectivity index (χ3n) is 2.86. The molecule has 0 aromatic carbocycles. The van der Waals surface area contributed by atoms with Crippen molar-refractivity contribution in [1.29, 1.82) is 0 Å². The van der Waals surface area contributed by atoms with Crippen LogP contribution in [0.2, 0.25) is 0 Å². The van der Waals surface area contributed by atoms with Crippen molar-refractivity contribution in [3.8, 4) is 0 Å². The Morgan fingerprint density at radius 2 is 2.06 bits per heavy atom. The quantitative estimate of drug-likeness (QED) is 0.897. The minimum atomic E-state index is 0.132. The number of anilines is 1. The molecule has 0 unspecified atom stereocenters. The second-order valence-electron chi connectivity index (χ2n) is 6.15. The fourth-order valence-corrected chi connectivity index (χ4v) is 3.05. The topological polar surface area (TPSA) is 36.4 Å². The van der Waals surface area contributed by atoms with Gasteiger partial charge >= 0.3 is 0 Å². The molecule has 1 aromatic rings. The van der Waals surface area contributed by atoms with E-state index in [4.69, 9.17) is 4.98 Å². The van der Waals surface area contributed by atoms with Crippen LogP contribution in [0.1, 0.15) is 50.1 Å². The summed E-state index contributed by atoms with van der Waals surface area (Å²) in [6, 6.07) is 0. The summed E-state index contributed by atoms with van der Waals surface area (Å²) in [6.07, 6.45) is 2.47. The SMILES string of the molecule is CN(CC(C)(C)C)c1nc(C2CC2)c(CO)s1. The van der Waals surface area contributed by atoms with Crippen LogP contribution in [0.5, 0.6) is 0 Å². The molecule has 0 saturated heterocycles. The Bertz CT molecular complexity index is 391. The second kappa shape index (κ2) is 4.58. The Balaban J connectivity index is 2.15. The number of aromatic nitrogens is 1. The molecule has 1 aromatic heterocycles. The summed E-state index contributed by atoms with van der Waals surface area (Å²) in [5.74, 6) is 0.616. The largest absolute Gasteiger partial charge is 0.391 e. The highest BCUT2D eigenvalue weighted by Gasteiger charge is 2.30. The van der Waals surface area contributed by atoms with Crippen molar-refractivity contribution in [2.45, 2.75) is 46.1 Å². The fourth-order valence-electron chi connectivity index (χ4n) is 2.08. The van der Waals surface area contributed by atoms with E-state index in [9.17, 15) is 5.11 Å². The molecular formula is C13H22N2OS. The smallest absolute Gasteiger partial charge is 0.185 e. The van der Waals surface area contributed by atoms with E-state index in [1.54, 1.807) is 11.3 Å². The number of hydrogen-bond acceptors (Lipinski definition) is 4. The molecule has 1 heterocycles. The van der Waals surface area contributed by atoms with Gasteiger partial charge in [0, 0.05) is 19.5 Å². The van der Waals surface area contributed by atoms with Crippen molar-refractivity contribution in [2.75, 3.05) is 18.5 Å². The minimum Gasteiger partial charge on any atom is -0.391 e. The summed E-state index contributed by atoms with van der Waals surface area (Å²) in [5.41, 5.74) is 1.41. The Hall–Kier alpha value is -0.610. The predicted molar refractivity (Wildman–Crippen MR) is 72.7 cm³/mol. The molecule has 1 fully saturated rings. The number of thiazole rings is 1. The van der Waals surface area contributed by atoms with E-state index in [-0.39, 0.29) is 12.0 Å². The second-order valence-corrected chi connectivity index (χ2v) is 7.22. The van der Waals surface area contributed by atoms with Crippen molar-refractivity contribution in [1.82, 2.24) is 4.98 Å². The van der Waals surface area contributed by atoms with E-state index in [1.165, 1.54) is 12.8 Å². The molecule has 2 rings (SSSR count). The normalized spacial score (nSPS) is 16.3. The van der Waals surface area contributed by atoms with Gasteiger partial charge in [-0.1, -0.05) is 32.1 Å². The molecule has 0 aliphatic heterocycles. The van der Waals surface area contributed by atoms with E-state index in [0.717, 1.165) is 22.2 Å². The Morgan fingerprint density at radius 1 is 1.41 bits per heavy atom. The molecule has 3 nitrogen and oxygen atoms in total. The molecule has 0 radical (unpaired) electrons. The van der Waals surface area contributed by atoms with Gasteiger partial charge in [-0.3, -0.25) is 0 Å². The number of rotatable bonds is 4. The summed E-state index contributed by atoms with van der Waals surface area (Å²) in [5, 5.41) is 10.4. The number of nitrogens with zero attached hydrogens (tertiary/aromatic N) is 2. The average Bonchev–Trinajstić information content (AvgIpc) is 2.95. The van der Waals surface area contributed by atoms with Gasteiger partial charge in [0.25, 0.3) is 0 Å². The highest BCUT2D eigenvalue weighted by molar-refractivity contribution is 7.15. The summed E-state index contributed by atoms with van der Waals surface area (Å²) in [6.45, 7) is 7.80. The zero-order chi connectivity index (χ0) is 12.6. The van der Waals surface area contributed by atoms with Gasteiger partial charge in [-0.15, -0.1) is 0 Å². The molecule has 0 spiro atoms. The van der Waals surface area contributed by atoms with E-state index in [1.807, 2.05) is 0 Å².